The molecule has 0 saturated carbocycles. The van der Waals surface area contributed by atoms with Gasteiger partial charge in [-0.25, -0.2) is 13.8 Å². The van der Waals surface area contributed by atoms with E-state index < -0.39 is 12.0 Å². The molecule has 256 valence electrons. The van der Waals surface area contributed by atoms with Crippen molar-refractivity contribution in [3.05, 3.63) is 65.1 Å². The molecule has 3 saturated heterocycles. The third kappa shape index (κ3) is 6.80. The zero-order valence-corrected chi connectivity index (χ0v) is 28.7. The van der Waals surface area contributed by atoms with Gasteiger partial charge in [0, 0.05) is 87.0 Å². The Morgan fingerprint density at radius 1 is 1.19 bits per heavy atom. The first-order valence-electron chi connectivity index (χ1n) is 17.0. The molecule has 4 aliphatic rings. The fourth-order valence-electron chi connectivity index (χ4n) is 7.09. The van der Waals surface area contributed by atoms with E-state index in [1.807, 2.05) is 44.0 Å². The van der Waals surface area contributed by atoms with Crippen molar-refractivity contribution in [1.82, 2.24) is 19.8 Å². The van der Waals surface area contributed by atoms with Gasteiger partial charge in [-0.3, -0.25) is 14.7 Å². The molecule has 0 aromatic carbocycles. The topological polar surface area (TPSA) is 74.3 Å². The van der Waals surface area contributed by atoms with Gasteiger partial charge in [0.05, 0.1) is 25.0 Å². The van der Waals surface area contributed by atoms with Gasteiger partial charge in [-0.2, -0.15) is 0 Å². The first-order valence-corrected chi connectivity index (χ1v) is 17.0. The minimum Gasteiger partial charge on any atom is -0.374 e. The molecule has 1 spiro atoms. The minimum absolute atomic E-state index is 0.0269. The molecule has 2 aromatic heterocycles. The summed E-state index contributed by atoms with van der Waals surface area (Å²) >= 11 is 0. The molecule has 0 aliphatic carbocycles. The number of hydrogen-bond donors (Lipinski definition) is 0. The first kappa shape index (κ1) is 34.9. The van der Waals surface area contributed by atoms with Crippen LogP contribution in [0.4, 0.5) is 20.3 Å². The van der Waals surface area contributed by atoms with E-state index in [4.69, 9.17) is 9.47 Å². The Morgan fingerprint density at radius 3 is 2.47 bits per heavy atom. The van der Waals surface area contributed by atoms with Gasteiger partial charge >= 0.3 is 0 Å². The zero-order valence-electron chi connectivity index (χ0n) is 28.7. The molecule has 0 bridgehead atoms. The molecule has 2 aromatic rings. The summed E-state index contributed by atoms with van der Waals surface area (Å²) in [4.78, 5) is 29.8. The summed E-state index contributed by atoms with van der Waals surface area (Å²) in [5.41, 5.74) is 3.80. The quantitative estimate of drug-likeness (QED) is 0.294. The van der Waals surface area contributed by atoms with Gasteiger partial charge in [-0.05, 0) is 51.8 Å². The standard InChI is InChI=1S/C34H44F2N6O3.C2H6/c1-6-8-25-26(41-18-24(19-41)39-13-15-40(16-14-39)29(43)7-2)17-28(38-31(25)33(35)36)42(22(3)4)12-10-27-30-23(5)9-11-37-32(30)34(45-27)20-44-21-34;1-2/h6-9,11,17,22,24,27,33H,2,10,12-16,18-21H2,1,3-5H3;1-2H3/b8-6-;. The van der Waals surface area contributed by atoms with Crippen LogP contribution in [0.25, 0.3) is 6.08 Å². The largest absolute Gasteiger partial charge is 0.374 e. The van der Waals surface area contributed by atoms with Crippen LogP contribution in [0.15, 0.2) is 37.1 Å². The molecule has 3 fully saturated rings. The maximum Gasteiger partial charge on any atom is 0.281 e. The van der Waals surface area contributed by atoms with Crippen LogP contribution in [0, 0.1) is 6.92 Å². The second kappa shape index (κ2) is 14.8. The summed E-state index contributed by atoms with van der Waals surface area (Å²) in [5, 5.41) is 0. The number of hydrogen-bond acceptors (Lipinski definition) is 8. The number of allylic oxidation sites excluding steroid dienone is 1. The second-order valence-corrected chi connectivity index (χ2v) is 12.8. The lowest BCUT2D eigenvalue weighted by Gasteiger charge is -2.49. The highest BCUT2D eigenvalue weighted by molar-refractivity contribution is 5.87. The smallest absolute Gasteiger partial charge is 0.281 e. The third-order valence-electron chi connectivity index (χ3n) is 9.66. The van der Waals surface area contributed by atoms with Crippen LogP contribution in [0.3, 0.4) is 0 Å². The molecule has 1 amide bonds. The number of carbonyl (C=O) groups is 1. The molecule has 11 heteroatoms. The lowest BCUT2D eigenvalue weighted by molar-refractivity contribution is -0.226. The van der Waals surface area contributed by atoms with Gasteiger partial charge in [-0.15, -0.1) is 0 Å². The number of pyridine rings is 2. The Balaban J connectivity index is 0.00000213. The molecular formula is C36H50F2N6O3. The number of halogens is 2. The van der Waals surface area contributed by atoms with Gasteiger partial charge in [-0.1, -0.05) is 32.6 Å². The Morgan fingerprint density at radius 2 is 1.89 bits per heavy atom. The number of alkyl halides is 2. The average Bonchev–Trinajstić information content (AvgIpc) is 3.38. The van der Waals surface area contributed by atoms with Crippen LogP contribution in [-0.2, 0) is 19.9 Å². The molecular weight excluding hydrogens is 602 g/mol. The SMILES string of the molecule is C=CC(=O)N1CCN(C2CN(c3cc(N(CCC4OC5(COC5)c5nccc(C)c54)C(C)C)nc(C(F)F)c3/C=C\C)C2)CC1.CC. The fraction of sp³-hybridized carbons (Fsp3) is 0.583. The second-order valence-electron chi connectivity index (χ2n) is 12.8. The summed E-state index contributed by atoms with van der Waals surface area (Å²) in [5.74, 6) is 0.512. The van der Waals surface area contributed by atoms with E-state index in [0.29, 0.717) is 56.7 Å². The third-order valence-corrected chi connectivity index (χ3v) is 9.66. The number of ether oxygens (including phenoxy) is 2. The summed E-state index contributed by atoms with van der Waals surface area (Å²) in [6, 6.07) is 4.32. The predicted octanol–water partition coefficient (Wildman–Crippen LogP) is 5.90. The van der Waals surface area contributed by atoms with Crippen molar-refractivity contribution in [2.24, 2.45) is 0 Å². The maximum absolute atomic E-state index is 14.6. The molecule has 1 unspecified atom stereocenters. The van der Waals surface area contributed by atoms with Gasteiger partial charge in [0.15, 0.2) is 5.60 Å². The highest BCUT2D eigenvalue weighted by atomic mass is 19.3. The van der Waals surface area contributed by atoms with Crippen molar-refractivity contribution < 1.29 is 23.0 Å². The number of anilines is 2. The van der Waals surface area contributed by atoms with E-state index in [0.717, 1.165) is 48.7 Å². The monoisotopic (exact) mass is 652 g/mol. The van der Waals surface area contributed by atoms with E-state index in [2.05, 4.69) is 52.0 Å². The van der Waals surface area contributed by atoms with Crippen LogP contribution < -0.4 is 9.80 Å². The number of carbonyl (C=O) groups excluding carboxylic acids is 1. The van der Waals surface area contributed by atoms with Crippen molar-refractivity contribution in [1.29, 1.82) is 0 Å². The Kier molecular flexibility index (Phi) is 11.0. The molecule has 6 heterocycles. The number of piperazine rings is 1. The molecule has 4 aliphatic heterocycles. The van der Waals surface area contributed by atoms with Crippen molar-refractivity contribution in [2.75, 3.05) is 68.8 Å². The molecule has 47 heavy (non-hydrogen) atoms. The average molecular weight is 653 g/mol. The van der Waals surface area contributed by atoms with E-state index in [9.17, 15) is 13.6 Å². The molecule has 0 N–H and O–H groups in total. The Labute approximate surface area is 278 Å². The van der Waals surface area contributed by atoms with E-state index in [1.54, 1.807) is 12.2 Å². The lowest BCUT2D eigenvalue weighted by atomic mass is 9.92. The summed E-state index contributed by atoms with van der Waals surface area (Å²) in [7, 11) is 0. The van der Waals surface area contributed by atoms with E-state index in [-0.39, 0.29) is 23.7 Å². The normalized spacial score (nSPS) is 20.7. The number of aryl methyl sites for hydroxylation is 1. The number of fused-ring (bicyclic) bond motifs is 2. The number of amides is 1. The minimum atomic E-state index is -2.71. The van der Waals surface area contributed by atoms with Gasteiger partial charge in [0.25, 0.3) is 6.43 Å². The van der Waals surface area contributed by atoms with Gasteiger partial charge in [0.1, 0.15) is 11.5 Å². The zero-order chi connectivity index (χ0) is 33.9. The maximum atomic E-state index is 14.6. The highest BCUT2D eigenvalue weighted by Crippen LogP contribution is 2.49. The molecule has 6 rings (SSSR count). The first-order chi connectivity index (χ1) is 22.7. The summed E-state index contributed by atoms with van der Waals surface area (Å²) < 4.78 is 41.4. The number of aromatic nitrogens is 2. The molecule has 9 nitrogen and oxygen atoms in total. The Bertz CT molecular complexity index is 1450. The van der Waals surface area contributed by atoms with Crippen LogP contribution in [0.2, 0.25) is 0 Å². The van der Waals surface area contributed by atoms with E-state index >= 15 is 0 Å². The van der Waals surface area contributed by atoms with Crippen molar-refractivity contribution in [3.63, 3.8) is 0 Å². The fourth-order valence-corrected chi connectivity index (χ4v) is 7.09. The van der Waals surface area contributed by atoms with Crippen LogP contribution in [0.1, 0.15) is 81.6 Å². The summed E-state index contributed by atoms with van der Waals surface area (Å²) in [6.45, 7) is 21.6. The van der Waals surface area contributed by atoms with Gasteiger partial charge < -0.3 is 24.2 Å². The van der Waals surface area contributed by atoms with E-state index in [1.165, 1.54) is 6.08 Å². The predicted molar refractivity (Wildman–Crippen MR) is 182 cm³/mol. The van der Waals surface area contributed by atoms with Gasteiger partial charge in [0.2, 0.25) is 5.91 Å². The Hall–Kier alpha value is -3.41. The highest BCUT2D eigenvalue weighted by Gasteiger charge is 2.52. The van der Waals surface area contributed by atoms with Crippen LogP contribution in [0.5, 0.6) is 0 Å². The number of nitrogens with zero attached hydrogens (tertiary/aromatic N) is 6. The van der Waals surface area contributed by atoms with Crippen LogP contribution in [-0.4, -0.2) is 96.8 Å². The summed E-state index contributed by atoms with van der Waals surface area (Å²) in [6.07, 6.45) is 4.53. The number of rotatable bonds is 10. The van der Waals surface area contributed by atoms with Crippen molar-refractivity contribution in [3.8, 4) is 0 Å². The molecule has 0 radical (unpaired) electrons. The van der Waals surface area contributed by atoms with Crippen molar-refractivity contribution in [2.45, 2.75) is 78.2 Å². The van der Waals surface area contributed by atoms with Crippen molar-refractivity contribution >= 4 is 23.5 Å². The lowest BCUT2D eigenvalue weighted by Crippen LogP contribution is -2.63. The molecule has 1 atom stereocenters. The van der Waals surface area contributed by atoms with Crippen LogP contribution >= 0.6 is 0 Å².